The Kier molecular flexibility index (Phi) is 6.28. The molecule has 0 saturated carbocycles. The molecule has 0 amide bonds. The van der Waals surface area contributed by atoms with Gasteiger partial charge in [0, 0.05) is 32.8 Å². The average molecular weight is 671 g/mol. The molecule has 1 atom stereocenters. The molecule has 246 valence electrons. The number of benzene rings is 7. The summed E-state index contributed by atoms with van der Waals surface area (Å²) in [7, 11) is 0. The fraction of sp³-hybridized carbons (Fsp3) is 0.0435. The molecule has 6 nitrogen and oxygen atoms in total. The maximum Gasteiger partial charge on any atom is 0.160 e. The molecule has 0 spiro atoms. The van der Waals surface area contributed by atoms with Gasteiger partial charge in [0.05, 0.1) is 6.54 Å². The van der Waals surface area contributed by atoms with Crippen LogP contribution in [0.4, 0.5) is 0 Å². The van der Waals surface area contributed by atoms with Crippen LogP contribution < -0.4 is 10.6 Å². The molecule has 0 saturated heterocycles. The van der Waals surface area contributed by atoms with Gasteiger partial charge in [0.1, 0.15) is 34.5 Å². The fourth-order valence-corrected chi connectivity index (χ4v) is 7.94. The van der Waals surface area contributed by atoms with Crippen LogP contribution in [0.3, 0.4) is 0 Å². The quantitative estimate of drug-likeness (QED) is 0.195. The van der Waals surface area contributed by atoms with Crippen LogP contribution in [-0.2, 0) is 6.54 Å². The first-order valence-electron chi connectivity index (χ1n) is 17.6. The lowest BCUT2D eigenvalue weighted by Crippen LogP contribution is -2.33. The average Bonchev–Trinajstić information content (AvgIpc) is 3.79. The zero-order valence-electron chi connectivity index (χ0n) is 27.9. The summed E-state index contributed by atoms with van der Waals surface area (Å²) in [4.78, 5) is 10.5. The topological polar surface area (TPSA) is 75.1 Å². The van der Waals surface area contributed by atoms with E-state index in [-0.39, 0.29) is 6.17 Å². The van der Waals surface area contributed by atoms with Crippen molar-refractivity contribution < 1.29 is 8.83 Å². The Bertz CT molecular complexity index is 3020. The number of para-hydroxylation sites is 1. The van der Waals surface area contributed by atoms with E-state index in [0.717, 1.165) is 83.1 Å². The SMILES string of the molecule is C1=Cc2c(oc3cccc(-c4cccc5cc(C6=NC(c7cccc8oc9ccccc9c78)=NC(c7ccc8ccccc8c7)N6)ccc45)c23)CN1. The van der Waals surface area contributed by atoms with E-state index in [1.165, 1.54) is 16.3 Å². The Labute approximate surface area is 298 Å². The molecular weight excluding hydrogens is 641 g/mol. The minimum Gasteiger partial charge on any atom is -0.459 e. The van der Waals surface area contributed by atoms with Gasteiger partial charge in [-0.05, 0) is 80.8 Å². The van der Waals surface area contributed by atoms with E-state index in [1.807, 2.05) is 36.5 Å². The normalized spacial score (nSPS) is 15.5. The second kappa shape index (κ2) is 11.3. The number of nitrogens with one attached hydrogen (secondary N) is 2. The van der Waals surface area contributed by atoms with Crippen LogP contribution in [0.5, 0.6) is 0 Å². The van der Waals surface area contributed by atoms with Crippen LogP contribution >= 0.6 is 0 Å². The molecule has 7 aromatic carbocycles. The number of nitrogens with zero attached hydrogens (tertiary/aromatic N) is 2. The van der Waals surface area contributed by atoms with Crippen molar-refractivity contribution in [2.75, 3.05) is 0 Å². The highest BCUT2D eigenvalue weighted by Crippen LogP contribution is 2.40. The first-order valence-corrected chi connectivity index (χ1v) is 17.6. The molecule has 2 aliphatic heterocycles. The predicted molar refractivity (Wildman–Crippen MR) is 212 cm³/mol. The monoisotopic (exact) mass is 670 g/mol. The van der Waals surface area contributed by atoms with E-state index in [2.05, 4.69) is 126 Å². The van der Waals surface area contributed by atoms with Crippen LogP contribution in [0.2, 0.25) is 0 Å². The maximum absolute atomic E-state index is 6.27. The number of fused-ring (bicyclic) bond motifs is 8. The van der Waals surface area contributed by atoms with Crippen LogP contribution in [0.15, 0.2) is 165 Å². The van der Waals surface area contributed by atoms with Crippen molar-refractivity contribution in [3.8, 4) is 11.1 Å². The van der Waals surface area contributed by atoms with Crippen molar-refractivity contribution >= 4 is 72.2 Å². The highest BCUT2D eigenvalue weighted by atomic mass is 16.3. The summed E-state index contributed by atoms with van der Waals surface area (Å²) in [6, 6.07) is 48.7. The van der Waals surface area contributed by atoms with Gasteiger partial charge in [0.25, 0.3) is 0 Å². The Morgan fingerprint density at radius 1 is 0.577 bits per heavy atom. The summed E-state index contributed by atoms with van der Waals surface area (Å²) < 4.78 is 12.5. The Balaban J connectivity index is 1.07. The lowest BCUT2D eigenvalue weighted by Gasteiger charge is -2.24. The molecule has 52 heavy (non-hydrogen) atoms. The summed E-state index contributed by atoms with van der Waals surface area (Å²) in [6.45, 7) is 0.685. The largest absolute Gasteiger partial charge is 0.459 e. The smallest absolute Gasteiger partial charge is 0.160 e. The molecule has 2 aliphatic rings. The zero-order valence-corrected chi connectivity index (χ0v) is 27.9. The third kappa shape index (κ3) is 4.51. The summed E-state index contributed by atoms with van der Waals surface area (Å²) in [5.41, 5.74) is 9.03. The van der Waals surface area contributed by atoms with Crippen molar-refractivity contribution in [2.24, 2.45) is 9.98 Å². The second-order valence-corrected chi connectivity index (χ2v) is 13.4. The number of hydrogen-bond acceptors (Lipinski definition) is 6. The van der Waals surface area contributed by atoms with Gasteiger partial charge in [-0.2, -0.15) is 0 Å². The van der Waals surface area contributed by atoms with E-state index in [1.54, 1.807) is 0 Å². The molecule has 0 bridgehead atoms. The zero-order chi connectivity index (χ0) is 34.2. The van der Waals surface area contributed by atoms with Crippen LogP contribution in [0.25, 0.3) is 71.7 Å². The van der Waals surface area contributed by atoms with Crippen molar-refractivity contribution in [2.45, 2.75) is 12.7 Å². The van der Waals surface area contributed by atoms with Gasteiger partial charge in [-0.15, -0.1) is 0 Å². The van der Waals surface area contributed by atoms with Gasteiger partial charge in [-0.25, -0.2) is 9.98 Å². The molecule has 11 rings (SSSR count). The lowest BCUT2D eigenvalue weighted by atomic mass is 9.93. The van der Waals surface area contributed by atoms with Gasteiger partial charge in [0.2, 0.25) is 0 Å². The molecule has 4 heterocycles. The molecule has 2 N–H and O–H groups in total. The molecule has 9 aromatic rings. The Morgan fingerprint density at radius 3 is 2.29 bits per heavy atom. The van der Waals surface area contributed by atoms with Crippen molar-refractivity contribution in [1.29, 1.82) is 0 Å². The van der Waals surface area contributed by atoms with Gasteiger partial charge >= 0.3 is 0 Å². The molecule has 0 fully saturated rings. The number of hydrogen-bond donors (Lipinski definition) is 2. The first-order chi connectivity index (χ1) is 25.7. The Hall–Kier alpha value is -6.92. The molecule has 0 aliphatic carbocycles. The number of rotatable bonds is 4. The van der Waals surface area contributed by atoms with Gasteiger partial charge in [0.15, 0.2) is 5.84 Å². The summed E-state index contributed by atoms with van der Waals surface area (Å²) in [5.74, 6) is 2.40. The van der Waals surface area contributed by atoms with Gasteiger partial charge in [-0.3, -0.25) is 0 Å². The highest BCUT2D eigenvalue weighted by molar-refractivity contribution is 6.22. The minimum absolute atomic E-state index is 0.352. The third-order valence-corrected chi connectivity index (χ3v) is 10.4. The van der Waals surface area contributed by atoms with Gasteiger partial charge < -0.3 is 19.5 Å². The molecular formula is C46H30N4O2. The summed E-state index contributed by atoms with van der Waals surface area (Å²) >= 11 is 0. The summed E-state index contributed by atoms with van der Waals surface area (Å²) in [5, 5.41) is 14.8. The fourth-order valence-electron chi connectivity index (χ4n) is 7.94. The van der Waals surface area contributed by atoms with E-state index in [4.69, 9.17) is 18.8 Å². The first kappa shape index (κ1) is 28.9. The van der Waals surface area contributed by atoms with Crippen molar-refractivity contribution in [1.82, 2.24) is 10.6 Å². The van der Waals surface area contributed by atoms with E-state index >= 15 is 0 Å². The van der Waals surface area contributed by atoms with Crippen LogP contribution in [-0.4, -0.2) is 11.7 Å². The van der Waals surface area contributed by atoms with Crippen molar-refractivity contribution in [3.05, 3.63) is 174 Å². The standard InChI is InChI=1S/C46H30N4O2/c1-2-9-28-24-30(19-18-27(28)8-1)44-48-45(50-46(49-44)37-14-7-17-40-43(37)35-11-3-4-15-38(35)51-40)31-20-21-32-29(25-31)10-5-12-33(32)34-13-6-16-39-42(34)36-22-23-47-26-41(36)52-39/h1-25,44,47H,26H2,(H,48,49,50). The lowest BCUT2D eigenvalue weighted by molar-refractivity contribution is 0.532. The highest BCUT2D eigenvalue weighted by Gasteiger charge is 2.25. The molecule has 1 unspecified atom stereocenters. The second-order valence-electron chi connectivity index (χ2n) is 13.4. The van der Waals surface area contributed by atoms with E-state index in [9.17, 15) is 0 Å². The van der Waals surface area contributed by atoms with E-state index in [0.29, 0.717) is 12.4 Å². The van der Waals surface area contributed by atoms with Gasteiger partial charge in [-0.1, -0.05) is 109 Å². The predicted octanol–water partition coefficient (Wildman–Crippen LogP) is 10.9. The molecule has 2 aromatic heterocycles. The van der Waals surface area contributed by atoms with E-state index < -0.39 is 0 Å². The minimum atomic E-state index is -0.352. The molecule has 6 heteroatoms. The number of amidine groups is 2. The van der Waals surface area contributed by atoms with Crippen LogP contribution in [0, 0.1) is 0 Å². The van der Waals surface area contributed by atoms with Crippen molar-refractivity contribution in [3.63, 3.8) is 0 Å². The van der Waals surface area contributed by atoms with Crippen LogP contribution in [0.1, 0.15) is 34.2 Å². The molecule has 0 radical (unpaired) electrons. The maximum atomic E-state index is 6.27. The summed E-state index contributed by atoms with van der Waals surface area (Å²) in [6.07, 6.45) is 3.76. The number of aliphatic imine (C=N–C) groups is 2. The third-order valence-electron chi connectivity index (χ3n) is 10.4. The number of furan rings is 2. The Morgan fingerprint density at radius 2 is 1.35 bits per heavy atom.